The van der Waals surface area contributed by atoms with E-state index in [1.807, 2.05) is 6.07 Å². The number of rotatable bonds is 3. The van der Waals surface area contributed by atoms with Crippen molar-refractivity contribution in [3.05, 3.63) is 35.5 Å². The molecule has 0 fully saturated rings. The van der Waals surface area contributed by atoms with Gasteiger partial charge in [-0.15, -0.1) is 0 Å². The maximum atomic E-state index is 10.7. The molecule has 1 aromatic carbocycles. The van der Waals surface area contributed by atoms with Gasteiger partial charge in [0.1, 0.15) is 0 Å². The normalized spacial score (nSPS) is 15.8. The van der Waals surface area contributed by atoms with Gasteiger partial charge < -0.3 is 15.4 Å². The highest BCUT2D eigenvalue weighted by Gasteiger charge is 2.17. The molecule has 4 heteroatoms. The summed E-state index contributed by atoms with van der Waals surface area (Å²) in [6.45, 7) is 1.07. The summed E-state index contributed by atoms with van der Waals surface area (Å²) in [6.07, 6.45) is 4.26. The largest absolute Gasteiger partial charge is 0.481 e. The fourth-order valence-corrected chi connectivity index (χ4v) is 2.80. The summed E-state index contributed by atoms with van der Waals surface area (Å²) in [5.74, 6) is -0.853. The molecule has 2 aromatic rings. The first-order chi connectivity index (χ1) is 8.65. The van der Waals surface area contributed by atoms with E-state index in [-0.39, 0.29) is 6.42 Å². The van der Waals surface area contributed by atoms with Crippen molar-refractivity contribution in [3.63, 3.8) is 0 Å². The smallest absolute Gasteiger partial charge is 0.305 e. The Kier molecular flexibility index (Phi) is 2.59. The molecule has 0 spiro atoms. The zero-order chi connectivity index (χ0) is 12.7. The molecule has 3 rings (SSSR count). The quantitative estimate of drug-likeness (QED) is 0.868. The Morgan fingerprint density at radius 3 is 3.11 bits per heavy atom. The van der Waals surface area contributed by atoms with Gasteiger partial charge in [0.05, 0.1) is 11.9 Å². The highest BCUT2D eigenvalue weighted by Crippen LogP contribution is 2.30. The fraction of sp³-hybridized carbons (Fsp3) is 0.357. The fourth-order valence-electron chi connectivity index (χ4n) is 2.80. The van der Waals surface area contributed by atoms with Crippen LogP contribution in [-0.2, 0) is 17.8 Å². The Morgan fingerprint density at radius 1 is 1.50 bits per heavy atom. The van der Waals surface area contributed by atoms with E-state index in [9.17, 15) is 4.79 Å². The third-order valence-corrected chi connectivity index (χ3v) is 3.63. The van der Waals surface area contributed by atoms with Crippen LogP contribution < -0.4 is 5.73 Å². The first kappa shape index (κ1) is 11.3. The van der Waals surface area contributed by atoms with Gasteiger partial charge in [-0.2, -0.15) is 0 Å². The number of nitrogens with two attached hydrogens (primary N) is 1. The van der Waals surface area contributed by atoms with E-state index in [1.54, 1.807) is 0 Å². The summed E-state index contributed by atoms with van der Waals surface area (Å²) >= 11 is 0. The lowest BCUT2D eigenvalue weighted by atomic mass is 9.96. The minimum atomic E-state index is -0.853. The molecule has 94 valence electrons. The molecule has 3 N–H and O–H groups in total. The van der Waals surface area contributed by atoms with Gasteiger partial charge in [0.2, 0.25) is 0 Å². The van der Waals surface area contributed by atoms with Gasteiger partial charge in [-0.05, 0) is 36.1 Å². The molecule has 0 aliphatic carbocycles. The van der Waals surface area contributed by atoms with Crippen molar-refractivity contribution in [1.82, 2.24) is 4.57 Å². The van der Waals surface area contributed by atoms with Gasteiger partial charge in [-0.3, -0.25) is 4.79 Å². The van der Waals surface area contributed by atoms with E-state index in [0.29, 0.717) is 0 Å². The molecule has 1 aliphatic heterocycles. The molecule has 1 unspecified atom stereocenters. The van der Waals surface area contributed by atoms with Crippen LogP contribution in [0.25, 0.3) is 10.9 Å². The third kappa shape index (κ3) is 1.78. The molecule has 1 aromatic heterocycles. The zero-order valence-electron chi connectivity index (χ0n) is 10.1. The van der Waals surface area contributed by atoms with Gasteiger partial charge in [-0.25, -0.2) is 0 Å². The number of carbonyl (C=O) groups is 1. The topological polar surface area (TPSA) is 68.2 Å². The average molecular weight is 244 g/mol. The molecular formula is C14H16N2O2. The van der Waals surface area contributed by atoms with E-state index < -0.39 is 12.0 Å². The standard InChI is InChI=1S/C14H16N2O2/c15-12(8-13(17)18)11-6-9-2-1-4-16-5-3-10(7-11)14(9)16/h3,5-7,12H,1-2,4,8,15H2,(H,17,18). The average Bonchev–Trinajstić information content (AvgIpc) is 2.74. The lowest BCUT2D eigenvalue weighted by Crippen LogP contribution is -2.16. The van der Waals surface area contributed by atoms with Crippen molar-refractivity contribution < 1.29 is 9.90 Å². The third-order valence-electron chi connectivity index (χ3n) is 3.63. The first-order valence-corrected chi connectivity index (χ1v) is 6.24. The lowest BCUT2D eigenvalue weighted by molar-refractivity contribution is -0.137. The number of carboxylic acids is 1. The molecule has 1 aliphatic rings. The summed E-state index contributed by atoms with van der Waals surface area (Å²) in [6, 6.07) is 5.76. The molecule has 18 heavy (non-hydrogen) atoms. The molecule has 2 heterocycles. The van der Waals surface area contributed by atoms with Crippen LogP contribution in [0.5, 0.6) is 0 Å². The van der Waals surface area contributed by atoms with E-state index in [2.05, 4.69) is 22.9 Å². The molecule has 4 nitrogen and oxygen atoms in total. The number of hydrogen-bond acceptors (Lipinski definition) is 2. The van der Waals surface area contributed by atoms with Crippen LogP contribution in [-0.4, -0.2) is 15.6 Å². The monoisotopic (exact) mass is 244 g/mol. The van der Waals surface area contributed by atoms with Crippen molar-refractivity contribution in [1.29, 1.82) is 0 Å². The Balaban J connectivity index is 2.07. The number of nitrogens with zero attached hydrogens (tertiary/aromatic N) is 1. The predicted molar refractivity (Wildman–Crippen MR) is 69.4 cm³/mol. The van der Waals surface area contributed by atoms with E-state index in [4.69, 9.17) is 10.8 Å². The summed E-state index contributed by atoms with van der Waals surface area (Å²) in [5.41, 5.74) is 9.45. The van der Waals surface area contributed by atoms with Gasteiger partial charge in [0, 0.05) is 24.2 Å². The summed E-state index contributed by atoms with van der Waals surface area (Å²) in [7, 11) is 0. The molecule has 0 saturated carbocycles. The predicted octanol–water partition coefficient (Wildman–Crippen LogP) is 2.06. The summed E-state index contributed by atoms with van der Waals surface area (Å²) < 4.78 is 2.26. The number of carboxylic acid groups (broad SMARTS) is 1. The second-order valence-electron chi connectivity index (χ2n) is 4.93. The van der Waals surface area contributed by atoms with Gasteiger partial charge in [0.25, 0.3) is 0 Å². The maximum absolute atomic E-state index is 10.7. The Bertz CT molecular complexity index is 616. The van der Waals surface area contributed by atoms with E-state index in [1.165, 1.54) is 16.5 Å². The second-order valence-corrected chi connectivity index (χ2v) is 4.93. The minimum absolute atomic E-state index is 0.0222. The van der Waals surface area contributed by atoms with Gasteiger partial charge in [-0.1, -0.05) is 6.07 Å². The first-order valence-electron chi connectivity index (χ1n) is 6.24. The van der Waals surface area contributed by atoms with Crippen LogP contribution in [0.4, 0.5) is 0 Å². The van der Waals surface area contributed by atoms with Crippen LogP contribution >= 0.6 is 0 Å². The number of hydrogen-bond donors (Lipinski definition) is 2. The maximum Gasteiger partial charge on any atom is 0.305 e. The summed E-state index contributed by atoms with van der Waals surface area (Å²) in [5, 5.41) is 9.99. The van der Waals surface area contributed by atoms with Crippen molar-refractivity contribution in [2.45, 2.75) is 31.8 Å². The highest BCUT2D eigenvalue weighted by atomic mass is 16.4. The Hall–Kier alpha value is -1.81. The number of benzene rings is 1. The molecule has 0 bridgehead atoms. The van der Waals surface area contributed by atoms with Crippen LogP contribution in [0.1, 0.15) is 30.0 Å². The molecule has 0 radical (unpaired) electrons. The second kappa shape index (κ2) is 4.14. The number of aromatic nitrogens is 1. The SMILES string of the molecule is NC(CC(=O)O)c1cc2c3c(ccn3CCC2)c1. The molecule has 0 saturated heterocycles. The van der Waals surface area contributed by atoms with Crippen LogP contribution in [0, 0.1) is 0 Å². The van der Waals surface area contributed by atoms with Crippen molar-refractivity contribution in [3.8, 4) is 0 Å². The van der Waals surface area contributed by atoms with Crippen LogP contribution in [0.3, 0.4) is 0 Å². The van der Waals surface area contributed by atoms with Crippen molar-refractivity contribution >= 4 is 16.9 Å². The Morgan fingerprint density at radius 2 is 2.33 bits per heavy atom. The Labute approximate surface area is 105 Å². The van der Waals surface area contributed by atoms with E-state index >= 15 is 0 Å². The zero-order valence-corrected chi connectivity index (χ0v) is 10.1. The highest BCUT2D eigenvalue weighted by molar-refractivity contribution is 5.85. The molecular weight excluding hydrogens is 228 g/mol. The summed E-state index contributed by atoms with van der Waals surface area (Å²) in [4.78, 5) is 10.7. The van der Waals surface area contributed by atoms with Crippen LogP contribution in [0.15, 0.2) is 24.4 Å². The van der Waals surface area contributed by atoms with Crippen molar-refractivity contribution in [2.24, 2.45) is 5.73 Å². The minimum Gasteiger partial charge on any atom is -0.481 e. The van der Waals surface area contributed by atoms with Gasteiger partial charge >= 0.3 is 5.97 Å². The molecule has 1 atom stereocenters. The number of aliphatic carboxylic acids is 1. The van der Waals surface area contributed by atoms with Crippen LogP contribution in [0.2, 0.25) is 0 Å². The number of aryl methyl sites for hydroxylation is 2. The lowest BCUT2D eigenvalue weighted by Gasteiger charge is -2.18. The van der Waals surface area contributed by atoms with Gasteiger partial charge in [0.15, 0.2) is 0 Å². The van der Waals surface area contributed by atoms with Crippen molar-refractivity contribution in [2.75, 3.05) is 0 Å². The van der Waals surface area contributed by atoms with E-state index in [0.717, 1.165) is 24.9 Å². The molecule has 0 amide bonds.